The Kier molecular flexibility index (Phi) is 4.73. The molecule has 0 amide bonds. The molecule has 1 saturated heterocycles. The van der Waals surface area contributed by atoms with Gasteiger partial charge in [-0.15, -0.1) is 0 Å². The van der Waals surface area contributed by atoms with Crippen molar-refractivity contribution in [1.29, 1.82) is 0 Å². The molecule has 0 bridgehead atoms. The lowest BCUT2D eigenvalue weighted by Crippen LogP contribution is -2.28. The molecule has 1 heterocycles. The van der Waals surface area contributed by atoms with Crippen molar-refractivity contribution in [2.24, 2.45) is 17.3 Å². The molecule has 1 aliphatic heterocycles. The Morgan fingerprint density at radius 2 is 1.44 bits per heavy atom. The highest BCUT2D eigenvalue weighted by atomic mass is 31.1. The quantitative estimate of drug-likeness (QED) is 0.482. The lowest BCUT2D eigenvalue weighted by Gasteiger charge is -2.34. The molecule has 1 aliphatic carbocycles. The van der Waals surface area contributed by atoms with Gasteiger partial charge >= 0.3 is 0 Å². The van der Waals surface area contributed by atoms with Crippen LogP contribution >= 0.6 is 7.92 Å². The van der Waals surface area contributed by atoms with Gasteiger partial charge in [-0.1, -0.05) is 88.4 Å². The van der Waals surface area contributed by atoms with Crippen LogP contribution in [0.3, 0.4) is 0 Å². The van der Waals surface area contributed by atoms with Gasteiger partial charge in [0.05, 0.1) is 0 Å². The zero-order chi connectivity index (χ0) is 18.8. The molecule has 3 rings (SSSR count). The van der Waals surface area contributed by atoms with Crippen molar-refractivity contribution in [2.75, 3.05) is 6.16 Å². The molecule has 0 nitrogen and oxygen atoms in total. The van der Waals surface area contributed by atoms with Crippen LogP contribution in [0, 0.1) is 17.3 Å². The van der Waals surface area contributed by atoms with Crippen molar-refractivity contribution in [2.45, 2.75) is 91.6 Å². The maximum absolute atomic E-state index is 2.59. The van der Waals surface area contributed by atoms with E-state index >= 15 is 0 Å². The fraction of sp³-hybridized carbons (Fsp3) is 0.750. The zero-order valence-corrected chi connectivity index (χ0v) is 18.9. The van der Waals surface area contributed by atoms with E-state index in [9.17, 15) is 0 Å². The number of benzene rings is 1. The molecule has 2 aliphatic rings. The second-order valence-electron chi connectivity index (χ2n) is 11.5. The summed E-state index contributed by atoms with van der Waals surface area (Å²) in [5.74, 6) is 1.88. The Morgan fingerprint density at radius 1 is 0.920 bits per heavy atom. The number of hydrogen-bond acceptors (Lipinski definition) is 0. The third kappa shape index (κ3) is 3.58. The molecule has 25 heavy (non-hydrogen) atoms. The van der Waals surface area contributed by atoms with E-state index in [-0.39, 0.29) is 18.8 Å². The van der Waals surface area contributed by atoms with Crippen molar-refractivity contribution in [1.82, 2.24) is 0 Å². The van der Waals surface area contributed by atoms with Crippen LogP contribution in [-0.2, 0) is 10.8 Å². The average molecular weight is 359 g/mol. The molecule has 1 aromatic carbocycles. The van der Waals surface area contributed by atoms with Gasteiger partial charge in [-0.05, 0) is 69.2 Å². The summed E-state index contributed by atoms with van der Waals surface area (Å²) in [6, 6.07) is 7.66. The van der Waals surface area contributed by atoms with Crippen molar-refractivity contribution in [3.05, 3.63) is 29.3 Å². The standard InChI is InChI=1S/C24H39P/c1-16-15-25(21-20(16)10-11-24(21,8)9)19-13-17(22(2,3)4)12-18(14-19)23(5,6)7/h12-14,16,20-21H,10-11,15H2,1-9H3/t16-,20+,21-,25+/m1/s1. The Balaban J connectivity index is 2.10. The zero-order valence-electron chi connectivity index (χ0n) is 18.0. The van der Waals surface area contributed by atoms with Crippen LogP contribution in [0.15, 0.2) is 18.2 Å². The highest BCUT2D eigenvalue weighted by Gasteiger charge is 2.52. The monoisotopic (exact) mass is 358 g/mol. The third-order valence-corrected chi connectivity index (χ3v) is 10.5. The molecule has 0 unspecified atom stereocenters. The van der Waals surface area contributed by atoms with Crippen LogP contribution in [0.25, 0.3) is 0 Å². The average Bonchev–Trinajstić information content (AvgIpc) is 2.96. The third-order valence-electron chi connectivity index (χ3n) is 6.86. The van der Waals surface area contributed by atoms with Crippen LogP contribution < -0.4 is 5.30 Å². The molecule has 0 spiro atoms. The minimum atomic E-state index is -0.0347. The summed E-state index contributed by atoms with van der Waals surface area (Å²) in [5, 5.41) is 1.70. The van der Waals surface area contributed by atoms with Gasteiger partial charge in [-0.3, -0.25) is 0 Å². The maximum Gasteiger partial charge on any atom is -0.00865 e. The summed E-state index contributed by atoms with van der Waals surface area (Å²) in [6.45, 7) is 21.8. The smallest absolute Gasteiger partial charge is 0.00865 e. The van der Waals surface area contributed by atoms with Crippen molar-refractivity contribution >= 4 is 13.2 Å². The Hall–Kier alpha value is -0.350. The van der Waals surface area contributed by atoms with Gasteiger partial charge < -0.3 is 0 Å². The first-order valence-electron chi connectivity index (χ1n) is 10.2. The van der Waals surface area contributed by atoms with Gasteiger partial charge in [-0.2, -0.15) is 0 Å². The lowest BCUT2D eigenvalue weighted by atomic mass is 9.81. The minimum absolute atomic E-state index is 0.0347. The topological polar surface area (TPSA) is 0 Å². The van der Waals surface area contributed by atoms with Crippen LogP contribution in [0.5, 0.6) is 0 Å². The molecule has 1 aromatic rings. The van der Waals surface area contributed by atoms with Crippen molar-refractivity contribution in [3.8, 4) is 0 Å². The van der Waals surface area contributed by atoms with Gasteiger partial charge in [0.2, 0.25) is 0 Å². The lowest BCUT2D eigenvalue weighted by molar-refractivity contribution is 0.356. The Morgan fingerprint density at radius 3 is 1.92 bits per heavy atom. The molecular weight excluding hydrogens is 319 g/mol. The van der Waals surface area contributed by atoms with Crippen LogP contribution in [0.2, 0.25) is 0 Å². The first-order chi connectivity index (χ1) is 11.3. The van der Waals surface area contributed by atoms with Gasteiger partial charge in [0, 0.05) is 0 Å². The molecule has 1 heteroatoms. The summed E-state index contributed by atoms with van der Waals surface area (Å²) in [6.07, 6.45) is 4.34. The summed E-state index contributed by atoms with van der Waals surface area (Å²) in [7, 11) is -0.0347. The van der Waals surface area contributed by atoms with Crippen molar-refractivity contribution in [3.63, 3.8) is 0 Å². The Bertz CT molecular complexity index is 609. The van der Waals surface area contributed by atoms with Gasteiger partial charge in [0.25, 0.3) is 0 Å². The SMILES string of the molecule is C[C@@H]1C[P@@](c2cc(C(C)(C)C)cc(C(C)(C)C)c2)[C@@H]2[C@H]1CCC2(C)C. The van der Waals surface area contributed by atoms with E-state index in [4.69, 9.17) is 0 Å². The molecule has 0 N–H and O–H groups in total. The molecule has 0 aromatic heterocycles. The van der Waals surface area contributed by atoms with Gasteiger partial charge in [-0.25, -0.2) is 0 Å². The van der Waals surface area contributed by atoms with E-state index in [0.717, 1.165) is 17.5 Å². The summed E-state index contributed by atoms with van der Waals surface area (Å²) >= 11 is 0. The van der Waals surface area contributed by atoms with Gasteiger partial charge in [0.15, 0.2) is 0 Å². The fourth-order valence-electron chi connectivity index (χ4n) is 5.14. The fourth-order valence-corrected chi connectivity index (χ4v) is 9.28. The van der Waals surface area contributed by atoms with Crippen LogP contribution in [-0.4, -0.2) is 11.8 Å². The van der Waals surface area contributed by atoms with E-state index in [1.54, 1.807) is 5.30 Å². The number of rotatable bonds is 1. The predicted molar refractivity (Wildman–Crippen MR) is 115 cm³/mol. The highest BCUT2D eigenvalue weighted by molar-refractivity contribution is 7.66. The van der Waals surface area contributed by atoms with E-state index < -0.39 is 0 Å². The largest absolute Gasteiger partial charge is 0.0710 e. The first kappa shape index (κ1) is 19.4. The van der Waals surface area contributed by atoms with Crippen molar-refractivity contribution < 1.29 is 0 Å². The molecule has 140 valence electrons. The number of fused-ring (bicyclic) bond motifs is 1. The Labute approximate surface area is 157 Å². The molecule has 2 fully saturated rings. The molecule has 4 atom stereocenters. The second-order valence-corrected chi connectivity index (χ2v) is 13.9. The van der Waals surface area contributed by atoms with Crippen LogP contribution in [0.4, 0.5) is 0 Å². The molecule has 1 saturated carbocycles. The maximum atomic E-state index is 2.59. The minimum Gasteiger partial charge on any atom is -0.0710 e. The number of hydrogen-bond donors (Lipinski definition) is 0. The van der Waals surface area contributed by atoms with E-state index in [1.165, 1.54) is 30.1 Å². The normalized spacial score (nSPS) is 32.0. The van der Waals surface area contributed by atoms with Gasteiger partial charge in [0.1, 0.15) is 0 Å². The second kappa shape index (κ2) is 6.09. The summed E-state index contributed by atoms with van der Waals surface area (Å²) in [5.41, 5.74) is 4.97. The van der Waals surface area contributed by atoms with E-state index in [2.05, 4.69) is 80.5 Å². The van der Waals surface area contributed by atoms with E-state index in [1.807, 2.05) is 0 Å². The molecule has 0 radical (unpaired) electrons. The summed E-state index contributed by atoms with van der Waals surface area (Å²) in [4.78, 5) is 0. The first-order valence-corrected chi connectivity index (χ1v) is 11.8. The summed E-state index contributed by atoms with van der Waals surface area (Å²) < 4.78 is 0. The predicted octanol–water partition coefficient (Wildman–Crippen LogP) is 6.84. The highest BCUT2D eigenvalue weighted by Crippen LogP contribution is 2.66. The van der Waals surface area contributed by atoms with E-state index in [0.29, 0.717) is 5.41 Å². The molecular formula is C24H39P. The van der Waals surface area contributed by atoms with Crippen LogP contribution in [0.1, 0.15) is 86.3 Å².